The van der Waals surface area contributed by atoms with Crippen molar-refractivity contribution in [3.05, 3.63) is 28.8 Å². The number of esters is 1. The van der Waals surface area contributed by atoms with Crippen molar-refractivity contribution < 1.29 is 14.3 Å². The van der Waals surface area contributed by atoms with Crippen LogP contribution in [-0.2, 0) is 16.0 Å². The Hall–Kier alpha value is -1.55. The zero-order valence-corrected chi connectivity index (χ0v) is 11.4. The number of ether oxygens (including phenoxy) is 2. The van der Waals surface area contributed by atoms with Gasteiger partial charge in [-0.25, -0.2) is 0 Å². The number of carbonyl (C=O) groups excluding carboxylic acids is 1. The summed E-state index contributed by atoms with van der Waals surface area (Å²) in [7, 11) is 1.64. The lowest BCUT2D eigenvalue weighted by Gasteiger charge is -2.12. The SMILES string of the molecule is COc1cc(C)c(C)cc1CCOC(=O)C(C)N. The van der Waals surface area contributed by atoms with Crippen molar-refractivity contribution in [2.45, 2.75) is 33.2 Å². The molecule has 0 radical (unpaired) electrons. The van der Waals surface area contributed by atoms with Crippen molar-refractivity contribution in [3.8, 4) is 5.75 Å². The van der Waals surface area contributed by atoms with Gasteiger partial charge in [0.05, 0.1) is 13.7 Å². The van der Waals surface area contributed by atoms with Crippen LogP contribution >= 0.6 is 0 Å². The van der Waals surface area contributed by atoms with E-state index < -0.39 is 6.04 Å². The molecule has 4 nitrogen and oxygen atoms in total. The summed E-state index contributed by atoms with van der Waals surface area (Å²) in [6, 6.07) is 3.48. The molecular formula is C14H21NO3. The normalized spacial score (nSPS) is 12.1. The first-order chi connectivity index (χ1) is 8.45. The Kier molecular flexibility index (Phi) is 5.16. The van der Waals surface area contributed by atoms with E-state index in [2.05, 4.69) is 6.07 Å². The lowest BCUT2D eigenvalue weighted by molar-refractivity contribution is -0.144. The van der Waals surface area contributed by atoms with E-state index in [-0.39, 0.29) is 5.97 Å². The summed E-state index contributed by atoms with van der Waals surface area (Å²) < 4.78 is 10.4. The Bertz CT molecular complexity index is 427. The lowest BCUT2D eigenvalue weighted by Crippen LogP contribution is -2.29. The molecule has 0 bridgehead atoms. The molecule has 1 unspecified atom stereocenters. The number of aryl methyl sites for hydroxylation is 2. The molecule has 1 atom stereocenters. The van der Waals surface area contributed by atoms with Gasteiger partial charge in [0.15, 0.2) is 0 Å². The Morgan fingerprint density at radius 1 is 1.33 bits per heavy atom. The van der Waals surface area contributed by atoms with Crippen LogP contribution in [0.2, 0.25) is 0 Å². The second kappa shape index (κ2) is 6.40. The molecule has 1 rings (SSSR count). The molecule has 1 aromatic carbocycles. The van der Waals surface area contributed by atoms with E-state index in [0.717, 1.165) is 11.3 Å². The molecule has 0 amide bonds. The maximum Gasteiger partial charge on any atom is 0.322 e. The number of hydrogen-bond donors (Lipinski definition) is 1. The minimum Gasteiger partial charge on any atom is -0.496 e. The van der Waals surface area contributed by atoms with Crippen LogP contribution in [0.4, 0.5) is 0 Å². The average Bonchev–Trinajstić information content (AvgIpc) is 2.32. The highest BCUT2D eigenvalue weighted by molar-refractivity contribution is 5.74. The summed E-state index contributed by atoms with van der Waals surface area (Å²) in [6.07, 6.45) is 0.628. The predicted molar refractivity (Wildman–Crippen MR) is 70.8 cm³/mol. The van der Waals surface area contributed by atoms with Gasteiger partial charge in [-0.3, -0.25) is 4.79 Å². The second-order valence-corrected chi connectivity index (χ2v) is 4.45. The van der Waals surface area contributed by atoms with Gasteiger partial charge in [0.25, 0.3) is 0 Å². The van der Waals surface area contributed by atoms with E-state index in [1.807, 2.05) is 19.9 Å². The molecule has 0 heterocycles. The van der Waals surface area contributed by atoms with Crippen LogP contribution in [0, 0.1) is 13.8 Å². The van der Waals surface area contributed by atoms with Crippen LogP contribution in [0.3, 0.4) is 0 Å². The molecule has 0 aliphatic rings. The minimum atomic E-state index is -0.577. The van der Waals surface area contributed by atoms with Crippen molar-refractivity contribution in [1.29, 1.82) is 0 Å². The summed E-state index contributed by atoms with van der Waals surface area (Å²) in [4.78, 5) is 11.2. The highest BCUT2D eigenvalue weighted by Crippen LogP contribution is 2.23. The third kappa shape index (κ3) is 3.74. The van der Waals surface area contributed by atoms with Gasteiger partial charge in [0.1, 0.15) is 11.8 Å². The van der Waals surface area contributed by atoms with E-state index >= 15 is 0 Å². The average molecular weight is 251 g/mol. The third-order valence-electron chi connectivity index (χ3n) is 2.88. The summed E-state index contributed by atoms with van der Waals surface area (Å²) >= 11 is 0. The fourth-order valence-electron chi connectivity index (χ4n) is 1.63. The van der Waals surface area contributed by atoms with Gasteiger partial charge in [-0.15, -0.1) is 0 Å². The second-order valence-electron chi connectivity index (χ2n) is 4.45. The lowest BCUT2D eigenvalue weighted by atomic mass is 10.0. The van der Waals surface area contributed by atoms with Crippen LogP contribution in [0.25, 0.3) is 0 Å². The molecule has 0 aromatic heterocycles. The molecule has 0 saturated heterocycles. The van der Waals surface area contributed by atoms with Gasteiger partial charge < -0.3 is 15.2 Å². The van der Waals surface area contributed by atoms with Crippen LogP contribution in [0.5, 0.6) is 5.75 Å². The zero-order chi connectivity index (χ0) is 13.7. The van der Waals surface area contributed by atoms with Gasteiger partial charge in [-0.1, -0.05) is 6.07 Å². The van der Waals surface area contributed by atoms with Gasteiger partial charge in [0.2, 0.25) is 0 Å². The van der Waals surface area contributed by atoms with Crippen molar-refractivity contribution in [2.75, 3.05) is 13.7 Å². The largest absolute Gasteiger partial charge is 0.496 e. The number of nitrogens with two attached hydrogens (primary N) is 1. The van der Waals surface area contributed by atoms with E-state index in [1.54, 1.807) is 14.0 Å². The molecule has 4 heteroatoms. The topological polar surface area (TPSA) is 61.5 Å². The van der Waals surface area contributed by atoms with Gasteiger partial charge in [-0.05, 0) is 43.5 Å². The maximum atomic E-state index is 11.2. The third-order valence-corrected chi connectivity index (χ3v) is 2.88. The van der Waals surface area contributed by atoms with Gasteiger partial charge in [-0.2, -0.15) is 0 Å². The van der Waals surface area contributed by atoms with E-state index in [1.165, 1.54) is 11.1 Å². The minimum absolute atomic E-state index is 0.319. The first-order valence-corrected chi connectivity index (χ1v) is 6.02. The quantitative estimate of drug-likeness (QED) is 0.810. The smallest absolute Gasteiger partial charge is 0.322 e. The Balaban J connectivity index is 2.67. The molecule has 0 spiro atoms. The number of carbonyl (C=O) groups is 1. The van der Waals surface area contributed by atoms with Crippen molar-refractivity contribution in [1.82, 2.24) is 0 Å². The summed E-state index contributed by atoms with van der Waals surface area (Å²) in [5, 5.41) is 0. The Morgan fingerprint density at radius 2 is 1.94 bits per heavy atom. The summed E-state index contributed by atoms with van der Waals surface area (Å²) in [6.45, 7) is 6.02. The fraction of sp³-hybridized carbons (Fsp3) is 0.500. The molecule has 0 aliphatic carbocycles. The van der Waals surface area contributed by atoms with Crippen molar-refractivity contribution in [2.24, 2.45) is 5.73 Å². The number of benzene rings is 1. The van der Waals surface area contributed by atoms with Crippen molar-refractivity contribution in [3.63, 3.8) is 0 Å². The zero-order valence-electron chi connectivity index (χ0n) is 11.4. The molecule has 0 saturated carbocycles. The molecule has 2 N–H and O–H groups in total. The molecule has 1 aromatic rings. The Labute approximate surface area is 108 Å². The number of methoxy groups -OCH3 is 1. The Morgan fingerprint density at radius 3 is 2.50 bits per heavy atom. The van der Waals surface area contributed by atoms with E-state index in [4.69, 9.17) is 15.2 Å². The van der Waals surface area contributed by atoms with Gasteiger partial charge in [0, 0.05) is 6.42 Å². The number of hydrogen-bond acceptors (Lipinski definition) is 4. The van der Waals surface area contributed by atoms with E-state index in [9.17, 15) is 4.79 Å². The van der Waals surface area contributed by atoms with Crippen LogP contribution in [0.15, 0.2) is 12.1 Å². The maximum absolute atomic E-state index is 11.2. The molecule has 0 fully saturated rings. The molecule has 18 heavy (non-hydrogen) atoms. The fourth-order valence-corrected chi connectivity index (χ4v) is 1.63. The summed E-state index contributed by atoms with van der Waals surface area (Å²) in [5.74, 6) is 0.452. The first-order valence-electron chi connectivity index (χ1n) is 6.02. The summed E-state index contributed by atoms with van der Waals surface area (Å²) in [5.41, 5.74) is 8.84. The number of rotatable bonds is 5. The highest BCUT2D eigenvalue weighted by Gasteiger charge is 2.10. The monoisotopic (exact) mass is 251 g/mol. The standard InChI is InChI=1S/C14H21NO3/c1-9-7-12(13(17-4)8-10(9)2)5-6-18-14(16)11(3)15/h7-8,11H,5-6,15H2,1-4H3. The van der Waals surface area contributed by atoms with Crippen LogP contribution < -0.4 is 10.5 Å². The predicted octanol–water partition coefficient (Wildman–Crippen LogP) is 1.74. The van der Waals surface area contributed by atoms with Crippen LogP contribution in [0.1, 0.15) is 23.6 Å². The first kappa shape index (κ1) is 14.5. The van der Waals surface area contributed by atoms with Gasteiger partial charge >= 0.3 is 5.97 Å². The van der Waals surface area contributed by atoms with Crippen molar-refractivity contribution >= 4 is 5.97 Å². The van der Waals surface area contributed by atoms with Crippen LogP contribution in [-0.4, -0.2) is 25.7 Å². The highest BCUT2D eigenvalue weighted by atomic mass is 16.5. The molecular weight excluding hydrogens is 230 g/mol. The molecule has 0 aliphatic heterocycles. The molecule has 100 valence electrons. The van der Waals surface area contributed by atoms with E-state index in [0.29, 0.717) is 13.0 Å².